The van der Waals surface area contributed by atoms with Gasteiger partial charge in [0.2, 0.25) is 0 Å². The minimum absolute atomic E-state index is 0.114. The third-order valence-electron chi connectivity index (χ3n) is 1.60. The monoisotopic (exact) mass is 193 g/mol. The van der Waals surface area contributed by atoms with Crippen molar-refractivity contribution in [2.45, 2.75) is 26.4 Å². The molecule has 0 fully saturated rings. The van der Waals surface area contributed by atoms with E-state index in [4.69, 9.17) is 15.9 Å². The van der Waals surface area contributed by atoms with Crippen LogP contribution in [-0.2, 0) is 6.42 Å². The van der Waals surface area contributed by atoms with E-state index in [0.29, 0.717) is 6.42 Å². The van der Waals surface area contributed by atoms with Crippen LogP contribution >= 0.6 is 0 Å². The number of nitrogens with zero attached hydrogens (tertiary/aromatic N) is 1. The van der Waals surface area contributed by atoms with Crippen LogP contribution in [0.5, 0.6) is 5.75 Å². The van der Waals surface area contributed by atoms with Crippen LogP contribution in [0, 0.1) is 5.41 Å². The molecule has 0 atom stereocenters. The standard InChI is InChI=1S/C10H15N3O/c1-7(2)14-9-3-4-13-6-8(9)5-10(11)12/h3-4,6-7H,5H2,1-2H3,(H3,11,12). The molecule has 76 valence electrons. The van der Waals surface area contributed by atoms with Crippen LogP contribution in [0.4, 0.5) is 0 Å². The summed E-state index contributed by atoms with van der Waals surface area (Å²) >= 11 is 0. The number of nitrogens with one attached hydrogen (secondary N) is 1. The van der Waals surface area contributed by atoms with Crippen LogP contribution in [0.3, 0.4) is 0 Å². The lowest BCUT2D eigenvalue weighted by Crippen LogP contribution is -2.15. The van der Waals surface area contributed by atoms with Gasteiger partial charge in [-0.05, 0) is 19.9 Å². The fourth-order valence-corrected chi connectivity index (χ4v) is 1.12. The molecule has 0 unspecified atom stereocenters. The van der Waals surface area contributed by atoms with Gasteiger partial charge in [0.05, 0.1) is 11.9 Å². The fraction of sp³-hybridized carbons (Fsp3) is 0.400. The molecule has 0 aliphatic heterocycles. The van der Waals surface area contributed by atoms with E-state index in [9.17, 15) is 0 Å². The van der Waals surface area contributed by atoms with Crippen molar-refractivity contribution >= 4 is 5.84 Å². The zero-order valence-electron chi connectivity index (χ0n) is 8.45. The van der Waals surface area contributed by atoms with Crippen molar-refractivity contribution < 1.29 is 4.74 Å². The zero-order valence-corrected chi connectivity index (χ0v) is 8.45. The number of rotatable bonds is 4. The van der Waals surface area contributed by atoms with Gasteiger partial charge in [-0.15, -0.1) is 0 Å². The van der Waals surface area contributed by atoms with Crippen LogP contribution in [0.25, 0.3) is 0 Å². The molecule has 0 aromatic carbocycles. The molecule has 1 rings (SSSR count). The van der Waals surface area contributed by atoms with Gasteiger partial charge in [0.1, 0.15) is 5.75 Å². The molecule has 1 heterocycles. The second kappa shape index (κ2) is 4.60. The summed E-state index contributed by atoms with van der Waals surface area (Å²) in [6.07, 6.45) is 3.85. The Morgan fingerprint density at radius 3 is 2.93 bits per heavy atom. The molecule has 4 nitrogen and oxygen atoms in total. The molecule has 0 spiro atoms. The van der Waals surface area contributed by atoms with E-state index in [1.807, 2.05) is 13.8 Å². The van der Waals surface area contributed by atoms with Gasteiger partial charge in [0.15, 0.2) is 0 Å². The lowest BCUT2D eigenvalue weighted by Gasteiger charge is -2.12. The van der Waals surface area contributed by atoms with Crippen LogP contribution in [0.15, 0.2) is 18.5 Å². The van der Waals surface area contributed by atoms with Crippen molar-refractivity contribution in [2.24, 2.45) is 5.73 Å². The Bertz CT molecular complexity index is 323. The molecule has 1 aromatic rings. The first-order chi connectivity index (χ1) is 6.59. The normalized spacial score (nSPS) is 10.2. The molecule has 4 heteroatoms. The number of hydrogen-bond acceptors (Lipinski definition) is 3. The van der Waals surface area contributed by atoms with Crippen LogP contribution < -0.4 is 10.5 Å². The van der Waals surface area contributed by atoms with Crippen molar-refractivity contribution in [1.29, 1.82) is 5.41 Å². The predicted molar refractivity (Wildman–Crippen MR) is 55.6 cm³/mol. The molecular weight excluding hydrogens is 178 g/mol. The highest BCUT2D eigenvalue weighted by Gasteiger charge is 2.06. The summed E-state index contributed by atoms with van der Waals surface area (Å²) in [6, 6.07) is 1.79. The number of amidine groups is 1. The molecule has 0 amide bonds. The van der Waals surface area contributed by atoms with E-state index in [2.05, 4.69) is 4.98 Å². The van der Waals surface area contributed by atoms with Gasteiger partial charge in [-0.25, -0.2) is 0 Å². The maximum absolute atomic E-state index is 7.21. The lowest BCUT2D eigenvalue weighted by atomic mass is 10.2. The highest BCUT2D eigenvalue weighted by Crippen LogP contribution is 2.18. The Kier molecular flexibility index (Phi) is 3.45. The summed E-state index contributed by atoms with van der Waals surface area (Å²) in [4.78, 5) is 3.97. The van der Waals surface area contributed by atoms with Crippen molar-refractivity contribution in [3.05, 3.63) is 24.0 Å². The SMILES string of the molecule is CC(C)Oc1ccncc1CC(=N)N. The smallest absolute Gasteiger partial charge is 0.126 e. The summed E-state index contributed by atoms with van der Waals surface area (Å²) in [5.74, 6) is 0.872. The van der Waals surface area contributed by atoms with Crippen LogP contribution in [0.2, 0.25) is 0 Å². The number of ether oxygens (including phenoxy) is 1. The quantitative estimate of drug-likeness (QED) is 0.560. The van der Waals surface area contributed by atoms with Gasteiger partial charge < -0.3 is 10.5 Å². The molecule has 0 bridgehead atoms. The number of hydrogen-bond donors (Lipinski definition) is 2. The van der Waals surface area contributed by atoms with Gasteiger partial charge in [-0.2, -0.15) is 0 Å². The van der Waals surface area contributed by atoms with Crippen molar-refractivity contribution in [1.82, 2.24) is 4.98 Å². The van der Waals surface area contributed by atoms with Crippen LogP contribution in [0.1, 0.15) is 19.4 Å². The maximum Gasteiger partial charge on any atom is 0.126 e. The molecule has 14 heavy (non-hydrogen) atoms. The van der Waals surface area contributed by atoms with Crippen molar-refractivity contribution in [3.63, 3.8) is 0 Å². The summed E-state index contributed by atoms with van der Waals surface area (Å²) in [6.45, 7) is 3.91. The van der Waals surface area contributed by atoms with E-state index < -0.39 is 0 Å². The van der Waals surface area contributed by atoms with Crippen molar-refractivity contribution in [2.75, 3.05) is 0 Å². The summed E-state index contributed by atoms with van der Waals surface area (Å²) in [5.41, 5.74) is 6.18. The Labute approximate surface area is 83.6 Å². The van der Waals surface area contributed by atoms with Crippen LogP contribution in [-0.4, -0.2) is 16.9 Å². The highest BCUT2D eigenvalue weighted by atomic mass is 16.5. The number of nitrogens with two attached hydrogens (primary N) is 1. The molecular formula is C10H15N3O. The largest absolute Gasteiger partial charge is 0.491 e. The Balaban J connectivity index is 2.85. The van der Waals surface area contributed by atoms with Gasteiger partial charge in [-0.1, -0.05) is 0 Å². The first kappa shape index (κ1) is 10.5. The first-order valence-corrected chi connectivity index (χ1v) is 4.52. The van der Waals surface area contributed by atoms with E-state index in [-0.39, 0.29) is 11.9 Å². The third-order valence-corrected chi connectivity index (χ3v) is 1.60. The van der Waals surface area contributed by atoms with Crippen molar-refractivity contribution in [3.8, 4) is 5.75 Å². The third kappa shape index (κ3) is 3.05. The molecule has 0 saturated heterocycles. The average molecular weight is 193 g/mol. The average Bonchev–Trinajstić information content (AvgIpc) is 2.06. The Morgan fingerprint density at radius 1 is 1.64 bits per heavy atom. The van der Waals surface area contributed by atoms with Gasteiger partial charge in [0.25, 0.3) is 0 Å². The fourth-order valence-electron chi connectivity index (χ4n) is 1.12. The topological polar surface area (TPSA) is 72.0 Å². The molecule has 0 saturated carbocycles. The van der Waals surface area contributed by atoms with E-state index in [1.54, 1.807) is 18.5 Å². The number of pyridine rings is 1. The summed E-state index contributed by atoms with van der Waals surface area (Å²) in [5, 5.41) is 7.21. The van der Waals surface area contributed by atoms with E-state index in [0.717, 1.165) is 11.3 Å². The molecule has 0 aliphatic rings. The van der Waals surface area contributed by atoms with E-state index in [1.165, 1.54) is 0 Å². The van der Waals surface area contributed by atoms with E-state index >= 15 is 0 Å². The Morgan fingerprint density at radius 2 is 2.36 bits per heavy atom. The minimum atomic E-state index is 0.114. The maximum atomic E-state index is 7.21. The second-order valence-electron chi connectivity index (χ2n) is 3.35. The number of aromatic nitrogens is 1. The van der Waals surface area contributed by atoms with Gasteiger partial charge in [0, 0.05) is 24.4 Å². The highest BCUT2D eigenvalue weighted by molar-refractivity contribution is 5.80. The Hall–Kier alpha value is -1.58. The molecule has 1 aromatic heterocycles. The summed E-state index contributed by atoms with van der Waals surface area (Å²) in [7, 11) is 0. The zero-order chi connectivity index (χ0) is 10.6. The van der Waals surface area contributed by atoms with Gasteiger partial charge >= 0.3 is 0 Å². The minimum Gasteiger partial charge on any atom is -0.491 e. The molecule has 0 radical (unpaired) electrons. The molecule has 3 N–H and O–H groups in total. The second-order valence-corrected chi connectivity index (χ2v) is 3.35. The van der Waals surface area contributed by atoms with Gasteiger partial charge in [-0.3, -0.25) is 10.4 Å². The predicted octanol–water partition coefficient (Wildman–Crippen LogP) is 1.35. The lowest BCUT2D eigenvalue weighted by molar-refractivity contribution is 0.240. The molecule has 0 aliphatic carbocycles. The first-order valence-electron chi connectivity index (χ1n) is 4.52. The summed E-state index contributed by atoms with van der Waals surface area (Å²) < 4.78 is 5.55.